The minimum absolute atomic E-state index is 0.0309. The SMILES string of the molecule is Nc1ncnc2c1ncn2[C@@H]1O[C@H](CO)C(O)[C@@H]1O.Nc1ncnc2c1ncn2[C@@H]1O[C@H](CO)C2O[C@@H]21. The van der Waals surface area contributed by atoms with Gasteiger partial charge in [-0.25, -0.2) is 29.9 Å². The zero-order valence-electron chi connectivity index (χ0n) is 19.1. The van der Waals surface area contributed by atoms with Gasteiger partial charge in [0.25, 0.3) is 0 Å². The van der Waals surface area contributed by atoms with Gasteiger partial charge in [-0.05, 0) is 0 Å². The highest BCUT2D eigenvalue weighted by atomic mass is 16.7. The Morgan fingerprint density at radius 3 is 1.73 bits per heavy atom. The second-order valence-corrected chi connectivity index (χ2v) is 8.71. The fourth-order valence-electron chi connectivity index (χ4n) is 4.59. The highest BCUT2D eigenvalue weighted by Gasteiger charge is 2.59. The molecule has 17 heteroatoms. The molecular weight excluding hydrogens is 492 g/mol. The largest absolute Gasteiger partial charge is 0.394 e. The fourth-order valence-corrected chi connectivity index (χ4v) is 4.59. The molecule has 3 aliphatic heterocycles. The van der Waals surface area contributed by atoms with Crippen molar-refractivity contribution < 1.29 is 34.6 Å². The van der Waals surface area contributed by atoms with Crippen LogP contribution in [0, 0.1) is 0 Å². The Hall–Kier alpha value is -3.58. The first-order chi connectivity index (χ1) is 17.9. The maximum atomic E-state index is 9.95. The van der Waals surface area contributed by atoms with Gasteiger partial charge in [-0.1, -0.05) is 0 Å². The molecule has 4 aromatic rings. The smallest absolute Gasteiger partial charge is 0.167 e. The summed E-state index contributed by atoms with van der Waals surface area (Å²) in [7, 11) is 0. The maximum Gasteiger partial charge on any atom is 0.167 e. The Morgan fingerprint density at radius 2 is 1.22 bits per heavy atom. The molecule has 17 nitrogen and oxygen atoms in total. The number of anilines is 2. The number of aromatic nitrogens is 8. The van der Waals surface area contributed by atoms with Crippen LogP contribution in [0.4, 0.5) is 11.6 Å². The zero-order chi connectivity index (χ0) is 25.8. The van der Waals surface area contributed by atoms with Crippen LogP contribution in [-0.2, 0) is 14.2 Å². The molecule has 0 saturated carbocycles. The summed E-state index contributed by atoms with van der Waals surface area (Å²) in [4.78, 5) is 24.1. The number of epoxide rings is 1. The number of ether oxygens (including phenoxy) is 3. The monoisotopic (exact) mass is 516 g/mol. The number of aliphatic hydroxyl groups is 4. The van der Waals surface area contributed by atoms with E-state index in [1.165, 1.54) is 23.5 Å². The van der Waals surface area contributed by atoms with Crippen LogP contribution in [0.5, 0.6) is 0 Å². The molecule has 0 radical (unpaired) electrons. The third kappa shape index (κ3) is 3.84. The summed E-state index contributed by atoms with van der Waals surface area (Å²) in [5.74, 6) is 0.555. The van der Waals surface area contributed by atoms with Gasteiger partial charge in [0.15, 0.2) is 35.4 Å². The van der Waals surface area contributed by atoms with E-state index in [0.29, 0.717) is 28.1 Å². The summed E-state index contributed by atoms with van der Waals surface area (Å²) in [5, 5.41) is 37.9. The van der Waals surface area contributed by atoms with Crippen molar-refractivity contribution in [2.75, 3.05) is 24.7 Å². The number of hydrogen-bond acceptors (Lipinski definition) is 15. The van der Waals surface area contributed by atoms with E-state index >= 15 is 0 Å². The molecule has 2 unspecified atom stereocenters. The third-order valence-electron chi connectivity index (χ3n) is 6.54. The highest BCUT2D eigenvalue weighted by Crippen LogP contribution is 2.45. The number of nitrogens with two attached hydrogens (primary N) is 2. The van der Waals surface area contributed by atoms with Crippen LogP contribution in [0.1, 0.15) is 12.5 Å². The van der Waals surface area contributed by atoms with Crippen molar-refractivity contribution in [2.45, 2.75) is 49.1 Å². The molecule has 3 aliphatic rings. The Bertz CT molecular complexity index is 1430. The van der Waals surface area contributed by atoms with Crippen LogP contribution in [-0.4, -0.2) is 109 Å². The second-order valence-electron chi connectivity index (χ2n) is 8.71. The molecule has 37 heavy (non-hydrogen) atoms. The van der Waals surface area contributed by atoms with Gasteiger partial charge in [-0.2, -0.15) is 0 Å². The van der Waals surface area contributed by atoms with Gasteiger partial charge in [0.05, 0.1) is 25.9 Å². The number of nitrogen functional groups attached to an aromatic ring is 2. The number of rotatable bonds is 4. The van der Waals surface area contributed by atoms with Crippen molar-refractivity contribution >= 4 is 34.0 Å². The molecule has 3 saturated heterocycles. The minimum Gasteiger partial charge on any atom is -0.394 e. The van der Waals surface area contributed by atoms with Crippen LogP contribution < -0.4 is 11.5 Å². The highest BCUT2D eigenvalue weighted by molar-refractivity contribution is 5.81. The molecule has 0 amide bonds. The fraction of sp³-hybridized carbons (Fsp3) is 0.500. The van der Waals surface area contributed by atoms with Crippen LogP contribution in [0.15, 0.2) is 25.3 Å². The summed E-state index contributed by atoms with van der Waals surface area (Å²) in [6, 6.07) is 0. The van der Waals surface area contributed by atoms with Crippen molar-refractivity contribution in [3.8, 4) is 0 Å². The van der Waals surface area contributed by atoms with E-state index < -0.39 is 31.1 Å². The molecule has 0 bridgehead atoms. The molecule has 7 heterocycles. The summed E-state index contributed by atoms with van der Waals surface area (Å²) in [5.41, 5.74) is 13.3. The predicted molar refractivity (Wildman–Crippen MR) is 122 cm³/mol. The Balaban J connectivity index is 0.000000136. The Morgan fingerprint density at radius 1 is 0.676 bits per heavy atom. The topological polar surface area (TPSA) is 251 Å². The van der Waals surface area contributed by atoms with E-state index in [2.05, 4.69) is 29.9 Å². The molecule has 7 rings (SSSR count). The first-order valence-corrected chi connectivity index (χ1v) is 11.3. The summed E-state index contributed by atoms with van der Waals surface area (Å²) < 4.78 is 19.8. The third-order valence-corrected chi connectivity index (χ3v) is 6.54. The first-order valence-electron chi connectivity index (χ1n) is 11.3. The van der Waals surface area contributed by atoms with E-state index in [-0.39, 0.29) is 37.0 Å². The lowest BCUT2D eigenvalue weighted by atomic mass is 10.1. The van der Waals surface area contributed by atoms with Crippen LogP contribution >= 0.6 is 0 Å². The second kappa shape index (κ2) is 9.06. The number of hydrogen-bond donors (Lipinski definition) is 6. The van der Waals surface area contributed by atoms with Gasteiger partial charge in [0, 0.05) is 0 Å². The van der Waals surface area contributed by atoms with Crippen molar-refractivity contribution in [1.29, 1.82) is 0 Å². The Kier molecular flexibility index (Phi) is 5.83. The lowest BCUT2D eigenvalue weighted by molar-refractivity contribution is -0.0823. The average molecular weight is 516 g/mol. The number of imidazole rings is 2. The lowest BCUT2D eigenvalue weighted by Crippen LogP contribution is -2.33. The van der Waals surface area contributed by atoms with Gasteiger partial charge in [0.2, 0.25) is 0 Å². The molecule has 3 fully saturated rings. The molecule has 0 aliphatic carbocycles. The molecule has 0 spiro atoms. The number of aliphatic hydroxyl groups excluding tert-OH is 4. The van der Waals surface area contributed by atoms with E-state index in [0.717, 1.165) is 0 Å². The van der Waals surface area contributed by atoms with E-state index in [9.17, 15) is 10.2 Å². The lowest BCUT2D eigenvalue weighted by Gasteiger charge is -2.17. The van der Waals surface area contributed by atoms with Crippen molar-refractivity contribution in [3.05, 3.63) is 25.3 Å². The van der Waals surface area contributed by atoms with Gasteiger partial charge in [-0.15, -0.1) is 0 Å². The van der Waals surface area contributed by atoms with Crippen molar-refractivity contribution in [3.63, 3.8) is 0 Å². The van der Waals surface area contributed by atoms with Crippen molar-refractivity contribution in [2.24, 2.45) is 0 Å². The summed E-state index contributed by atoms with van der Waals surface area (Å²) >= 11 is 0. The van der Waals surface area contributed by atoms with E-state index in [4.69, 9.17) is 35.9 Å². The number of nitrogens with zero attached hydrogens (tertiary/aromatic N) is 8. The van der Waals surface area contributed by atoms with Gasteiger partial charge >= 0.3 is 0 Å². The standard InChI is InChI=1S/C10H13N5O4.C10H11N5O3/c11-8-5-9(13-2-12-8)15(3-14-5)10-7(18)6(17)4(1-16)19-10;11-8-5-9(13-2-12-8)15(3-14-5)10-7-6(18-7)4(1-16)17-10/h2-4,6-7,10,16-18H,1H2,(H2,11,12,13);2-4,6-7,10,16H,1H2,(H2,11,12,13)/t2*4-,6?,7+,10-/m11/s1. The zero-order valence-corrected chi connectivity index (χ0v) is 19.1. The molecule has 8 atom stereocenters. The van der Waals surface area contributed by atoms with Crippen molar-refractivity contribution in [1.82, 2.24) is 39.0 Å². The van der Waals surface area contributed by atoms with Gasteiger partial charge in [0.1, 0.15) is 60.3 Å². The van der Waals surface area contributed by atoms with Crippen LogP contribution in [0.3, 0.4) is 0 Å². The van der Waals surface area contributed by atoms with Gasteiger partial charge < -0.3 is 46.1 Å². The van der Waals surface area contributed by atoms with Crippen LogP contribution in [0.25, 0.3) is 22.3 Å². The molecule has 0 aromatic carbocycles. The summed E-state index contributed by atoms with van der Waals surface area (Å²) in [6.07, 6.45) is 0.905. The van der Waals surface area contributed by atoms with Crippen LogP contribution in [0.2, 0.25) is 0 Å². The normalized spacial score (nSPS) is 32.4. The maximum absolute atomic E-state index is 9.95. The van der Waals surface area contributed by atoms with E-state index in [1.54, 1.807) is 10.9 Å². The first kappa shape index (κ1) is 23.8. The average Bonchev–Trinajstić information content (AvgIpc) is 3.19. The summed E-state index contributed by atoms with van der Waals surface area (Å²) in [6.45, 7) is -0.445. The molecule has 8 N–H and O–H groups in total. The van der Waals surface area contributed by atoms with Gasteiger partial charge in [-0.3, -0.25) is 9.13 Å². The molecular formula is C20H24N10O7. The quantitative estimate of drug-likeness (QED) is 0.149. The van der Waals surface area contributed by atoms with E-state index in [1.807, 2.05) is 0 Å². The molecule has 4 aromatic heterocycles. The Labute approximate surface area is 207 Å². The molecule has 196 valence electrons. The number of fused-ring (bicyclic) bond motifs is 3. The minimum atomic E-state index is -1.19. The predicted octanol–water partition coefficient (Wildman–Crippen LogP) is -2.91.